The monoisotopic (exact) mass is 214 g/mol. The standard InChI is InChI=1S/C5H8O2.Mo.O/c1-3-5(7)4(2)6;;/h3H2,1-2H3;;. The van der Waals surface area contributed by atoms with E-state index in [4.69, 9.17) is 3.40 Å². The van der Waals surface area contributed by atoms with Crippen LogP contribution in [-0.4, -0.2) is 11.6 Å². The van der Waals surface area contributed by atoms with E-state index in [1.54, 1.807) is 6.92 Å². The molecule has 0 spiro atoms. The van der Waals surface area contributed by atoms with Crippen LogP contribution in [0.2, 0.25) is 0 Å². The molecule has 52 valence electrons. The Kier molecular flexibility index (Phi) is 10.1. The summed E-state index contributed by atoms with van der Waals surface area (Å²) >= 11 is 0.700. The molecular weight excluding hydrogens is 204 g/mol. The molecule has 0 atom stereocenters. The molecule has 0 aliphatic rings. The minimum atomic E-state index is -0.345. The van der Waals surface area contributed by atoms with Gasteiger partial charge in [-0.25, -0.2) is 0 Å². The number of carbonyl (C=O) groups is 2. The molecule has 0 aliphatic heterocycles. The number of hydrogen-bond acceptors (Lipinski definition) is 3. The van der Waals surface area contributed by atoms with Gasteiger partial charge in [0, 0.05) is 13.3 Å². The number of hydrogen-bond donors (Lipinski definition) is 0. The first-order valence-corrected chi connectivity index (χ1v) is 3.20. The second-order valence-corrected chi connectivity index (χ2v) is 1.33. The van der Waals surface area contributed by atoms with E-state index >= 15 is 0 Å². The van der Waals surface area contributed by atoms with Gasteiger partial charge >= 0.3 is 23.2 Å². The zero-order valence-electron chi connectivity index (χ0n) is 5.34. The summed E-state index contributed by atoms with van der Waals surface area (Å²) in [4.78, 5) is 20.2. The average Bonchev–Trinajstić information content (AvgIpc) is 1.91. The van der Waals surface area contributed by atoms with Crippen molar-refractivity contribution in [2.45, 2.75) is 20.3 Å². The van der Waals surface area contributed by atoms with Crippen molar-refractivity contribution in [3.05, 3.63) is 0 Å². The van der Waals surface area contributed by atoms with Gasteiger partial charge in [-0.3, -0.25) is 9.59 Å². The third-order valence-electron chi connectivity index (χ3n) is 0.714. The summed E-state index contributed by atoms with van der Waals surface area (Å²) in [5.74, 6) is -0.637. The molecule has 4 heteroatoms. The SMILES string of the molecule is CCC(=O)C(C)=O.[O]=[Mo]. The van der Waals surface area contributed by atoms with Crippen molar-refractivity contribution in [3.8, 4) is 0 Å². The summed E-state index contributed by atoms with van der Waals surface area (Å²) in [5, 5.41) is 0. The van der Waals surface area contributed by atoms with Crippen molar-refractivity contribution in [3.63, 3.8) is 0 Å². The Hall–Kier alpha value is -0.172. The summed E-state index contributed by atoms with van der Waals surface area (Å²) in [7, 11) is 0. The zero-order valence-corrected chi connectivity index (χ0v) is 7.35. The van der Waals surface area contributed by atoms with E-state index in [1.807, 2.05) is 0 Å². The number of carbonyl (C=O) groups excluding carboxylic acids is 2. The Labute approximate surface area is 65.0 Å². The maximum atomic E-state index is 10.2. The zero-order chi connectivity index (χ0) is 7.86. The molecule has 0 bridgehead atoms. The van der Waals surface area contributed by atoms with Gasteiger partial charge in [-0.1, -0.05) is 6.92 Å². The van der Waals surface area contributed by atoms with E-state index in [0.29, 0.717) is 26.2 Å². The normalized spacial score (nSPS) is 6.89. The topological polar surface area (TPSA) is 51.2 Å². The van der Waals surface area contributed by atoms with Crippen LogP contribution in [0, 0.1) is 0 Å². The molecule has 0 aromatic rings. The van der Waals surface area contributed by atoms with Crippen LogP contribution in [0.5, 0.6) is 0 Å². The number of Topliss-reactive ketones (excluding diaryl/α,β-unsaturated/α-hetero) is 2. The molecule has 0 heterocycles. The molecule has 9 heavy (non-hydrogen) atoms. The van der Waals surface area contributed by atoms with Crippen molar-refractivity contribution < 1.29 is 32.8 Å². The molecule has 0 aromatic carbocycles. The van der Waals surface area contributed by atoms with Crippen LogP contribution < -0.4 is 0 Å². The first kappa shape index (κ1) is 11.6. The first-order chi connectivity index (χ1) is 4.18. The van der Waals surface area contributed by atoms with Crippen LogP contribution in [0.25, 0.3) is 0 Å². The average molecular weight is 212 g/mol. The van der Waals surface area contributed by atoms with E-state index < -0.39 is 0 Å². The Morgan fingerprint density at radius 3 is 1.67 bits per heavy atom. The first-order valence-electron chi connectivity index (χ1n) is 2.39. The Balaban J connectivity index is 0. The van der Waals surface area contributed by atoms with Crippen LogP contribution in [0.15, 0.2) is 0 Å². The van der Waals surface area contributed by atoms with Gasteiger partial charge in [0.2, 0.25) is 0 Å². The van der Waals surface area contributed by atoms with Crippen molar-refractivity contribution in [1.82, 2.24) is 0 Å². The fourth-order valence-electron chi connectivity index (χ4n) is 0.249. The molecular formula is C5H8MoO3. The molecule has 0 amide bonds. The second kappa shape index (κ2) is 7.83. The Bertz CT molecular complexity index is 111. The van der Waals surface area contributed by atoms with Gasteiger partial charge in [0.1, 0.15) is 0 Å². The molecule has 0 rings (SSSR count). The van der Waals surface area contributed by atoms with E-state index in [2.05, 4.69) is 0 Å². The third-order valence-corrected chi connectivity index (χ3v) is 0.714. The second-order valence-electron chi connectivity index (χ2n) is 1.33. The van der Waals surface area contributed by atoms with Crippen molar-refractivity contribution in [2.75, 3.05) is 0 Å². The van der Waals surface area contributed by atoms with Crippen LogP contribution >= 0.6 is 0 Å². The van der Waals surface area contributed by atoms with E-state index in [0.717, 1.165) is 0 Å². The predicted octanol–water partition coefficient (Wildman–Crippen LogP) is 0.433. The van der Waals surface area contributed by atoms with Crippen molar-refractivity contribution in [1.29, 1.82) is 0 Å². The molecule has 0 saturated carbocycles. The molecule has 0 aromatic heterocycles. The molecule has 3 nitrogen and oxygen atoms in total. The van der Waals surface area contributed by atoms with Crippen LogP contribution in [0.4, 0.5) is 0 Å². The summed E-state index contributed by atoms with van der Waals surface area (Å²) in [6.07, 6.45) is 0.329. The van der Waals surface area contributed by atoms with Gasteiger partial charge < -0.3 is 0 Å². The number of ketones is 2. The maximum absolute atomic E-state index is 10.2. The van der Waals surface area contributed by atoms with Crippen molar-refractivity contribution in [2.24, 2.45) is 0 Å². The van der Waals surface area contributed by atoms with Gasteiger partial charge in [-0.15, -0.1) is 0 Å². The molecule has 0 fully saturated rings. The molecule has 0 saturated heterocycles. The molecule has 0 N–H and O–H groups in total. The van der Waals surface area contributed by atoms with Gasteiger partial charge in [0.05, 0.1) is 0 Å². The Morgan fingerprint density at radius 1 is 1.33 bits per heavy atom. The fraction of sp³-hybridized carbons (Fsp3) is 0.600. The van der Waals surface area contributed by atoms with Crippen LogP contribution in [-0.2, 0) is 32.8 Å². The van der Waals surface area contributed by atoms with E-state index in [9.17, 15) is 9.59 Å². The number of rotatable bonds is 2. The van der Waals surface area contributed by atoms with E-state index in [-0.39, 0.29) is 11.6 Å². The summed E-state index contributed by atoms with van der Waals surface area (Å²) in [6, 6.07) is 0. The predicted molar refractivity (Wildman–Crippen MR) is 26.7 cm³/mol. The van der Waals surface area contributed by atoms with Gasteiger partial charge in [0.15, 0.2) is 11.6 Å². The summed E-state index contributed by atoms with van der Waals surface area (Å²) in [6.45, 7) is 2.95. The van der Waals surface area contributed by atoms with E-state index in [1.165, 1.54) is 6.92 Å². The quantitative estimate of drug-likeness (QED) is 0.492. The molecule has 0 aliphatic carbocycles. The Morgan fingerprint density at radius 2 is 1.67 bits per heavy atom. The summed E-state index contributed by atoms with van der Waals surface area (Å²) < 4.78 is 8.26. The third kappa shape index (κ3) is 7.83. The minimum absolute atomic E-state index is 0.292. The van der Waals surface area contributed by atoms with Gasteiger partial charge in [-0.05, 0) is 0 Å². The summed E-state index contributed by atoms with van der Waals surface area (Å²) in [5.41, 5.74) is 0. The fourth-order valence-corrected chi connectivity index (χ4v) is 0.249. The molecule has 0 radical (unpaired) electrons. The van der Waals surface area contributed by atoms with Crippen LogP contribution in [0.1, 0.15) is 20.3 Å². The van der Waals surface area contributed by atoms with Gasteiger partial charge in [0.25, 0.3) is 0 Å². The molecule has 0 unspecified atom stereocenters. The van der Waals surface area contributed by atoms with Crippen LogP contribution in [0.3, 0.4) is 0 Å². The van der Waals surface area contributed by atoms with Gasteiger partial charge in [-0.2, -0.15) is 0 Å². The van der Waals surface area contributed by atoms with Crippen molar-refractivity contribution >= 4 is 11.6 Å².